The van der Waals surface area contributed by atoms with Crippen molar-refractivity contribution >= 4 is 0 Å². The van der Waals surface area contributed by atoms with Gasteiger partial charge in [-0.05, 0) is 64.1 Å². The van der Waals surface area contributed by atoms with Crippen molar-refractivity contribution in [3.8, 4) is 0 Å². The first kappa shape index (κ1) is 14.5. The molecule has 0 aromatic heterocycles. The summed E-state index contributed by atoms with van der Waals surface area (Å²) in [5.74, 6) is 0.823. The van der Waals surface area contributed by atoms with Crippen molar-refractivity contribution in [3.05, 3.63) is 35.4 Å². The van der Waals surface area contributed by atoms with Crippen LogP contribution < -0.4 is 0 Å². The first-order valence-electron chi connectivity index (χ1n) is 7.59. The highest BCUT2D eigenvalue weighted by atomic mass is 16.3. The summed E-state index contributed by atoms with van der Waals surface area (Å²) in [4.78, 5) is 2.56. The Balaban J connectivity index is 1.74. The second kappa shape index (κ2) is 7.06. The minimum absolute atomic E-state index is 0.134. The summed E-state index contributed by atoms with van der Waals surface area (Å²) in [7, 11) is 0. The fourth-order valence-electron chi connectivity index (χ4n) is 2.98. The molecule has 1 aromatic carbocycles. The zero-order valence-electron chi connectivity index (χ0n) is 12.3. The molecule has 1 heterocycles. The smallest absolute Gasteiger partial charge is 0.0512 e. The summed E-state index contributed by atoms with van der Waals surface area (Å²) in [5, 5.41) is 9.35. The Hall–Kier alpha value is -0.860. The second-order valence-corrected chi connectivity index (χ2v) is 6.13. The zero-order valence-corrected chi connectivity index (χ0v) is 12.3. The van der Waals surface area contributed by atoms with Crippen molar-refractivity contribution in [1.29, 1.82) is 0 Å². The lowest BCUT2D eigenvalue weighted by Crippen LogP contribution is -2.33. The van der Waals surface area contributed by atoms with Crippen LogP contribution in [0.15, 0.2) is 24.3 Å². The molecule has 0 saturated carbocycles. The molecule has 1 saturated heterocycles. The van der Waals surface area contributed by atoms with E-state index >= 15 is 0 Å². The Bertz CT molecular complexity index is 381. The number of hydrogen-bond acceptors (Lipinski definition) is 2. The summed E-state index contributed by atoms with van der Waals surface area (Å²) in [6.45, 7) is 7.56. The normalized spacial score (nSPS) is 19.5. The van der Waals surface area contributed by atoms with Crippen molar-refractivity contribution in [2.24, 2.45) is 5.92 Å². The number of aryl methyl sites for hydroxylation is 1. The number of hydrogen-bond donors (Lipinski definition) is 1. The molecule has 1 N–H and O–H groups in total. The largest absolute Gasteiger partial charge is 0.393 e. The van der Waals surface area contributed by atoms with E-state index in [1.54, 1.807) is 0 Å². The minimum atomic E-state index is -0.134. The number of piperidine rings is 1. The lowest BCUT2D eigenvalue weighted by molar-refractivity contribution is 0.141. The van der Waals surface area contributed by atoms with Gasteiger partial charge in [-0.3, -0.25) is 4.90 Å². The molecular formula is C17H27NO. The van der Waals surface area contributed by atoms with E-state index in [0.717, 1.165) is 18.9 Å². The van der Waals surface area contributed by atoms with Gasteiger partial charge < -0.3 is 5.11 Å². The fourth-order valence-corrected chi connectivity index (χ4v) is 2.98. The first-order valence-corrected chi connectivity index (χ1v) is 7.59. The lowest BCUT2D eigenvalue weighted by atomic mass is 9.91. The Kier molecular flexibility index (Phi) is 5.41. The van der Waals surface area contributed by atoms with Gasteiger partial charge in [-0.15, -0.1) is 0 Å². The van der Waals surface area contributed by atoms with E-state index in [9.17, 15) is 5.11 Å². The van der Waals surface area contributed by atoms with Crippen LogP contribution in [0.25, 0.3) is 0 Å². The number of aliphatic hydroxyl groups is 1. The van der Waals surface area contributed by atoms with E-state index in [-0.39, 0.29) is 6.10 Å². The van der Waals surface area contributed by atoms with Crippen molar-refractivity contribution in [2.75, 3.05) is 13.1 Å². The van der Waals surface area contributed by atoms with Gasteiger partial charge in [-0.1, -0.05) is 29.8 Å². The van der Waals surface area contributed by atoms with Gasteiger partial charge in [0.15, 0.2) is 0 Å². The molecule has 0 amide bonds. The van der Waals surface area contributed by atoms with Crippen LogP contribution in [-0.2, 0) is 6.54 Å². The number of rotatable bonds is 5. The summed E-state index contributed by atoms with van der Waals surface area (Å²) in [6, 6.07) is 8.83. The molecule has 0 spiro atoms. The third-order valence-corrected chi connectivity index (χ3v) is 4.19. The molecule has 0 bridgehead atoms. The van der Waals surface area contributed by atoms with Crippen LogP contribution in [0.3, 0.4) is 0 Å². The van der Waals surface area contributed by atoms with E-state index in [2.05, 4.69) is 36.1 Å². The first-order chi connectivity index (χ1) is 9.13. The van der Waals surface area contributed by atoms with Crippen LogP contribution in [0.5, 0.6) is 0 Å². The van der Waals surface area contributed by atoms with Gasteiger partial charge in [-0.25, -0.2) is 0 Å². The van der Waals surface area contributed by atoms with Gasteiger partial charge in [-0.2, -0.15) is 0 Å². The second-order valence-electron chi connectivity index (χ2n) is 6.13. The fraction of sp³-hybridized carbons (Fsp3) is 0.647. The maximum Gasteiger partial charge on any atom is 0.0512 e. The number of nitrogens with zero attached hydrogens (tertiary/aromatic N) is 1. The van der Waals surface area contributed by atoms with Gasteiger partial charge in [0.2, 0.25) is 0 Å². The molecule has 0 radical (unpaired) electrons. The minimum Gasteiger partial charge on any atom is -0.393 e. The standard InChI is InChI=1S/C17H27NO/c1-14-4-3-5-17(12-14)13-18-10-8-16(9-11-18)7-6-15(2)19/h3-5,12,15-16,19H,6-11,13H2,1-2H3. The molecule has 1 fully saturated rings. The van der Waals surface area contributed by atoms with Crippen LogP contribution >= 0.6 is 0 Å². The molecule has 2 nitrogen and oxygen atoms in total. The van der Waals surface area contributed by atoms with Crippen LogP contribution in [0, 0.1) is 12.8 Å². The van der Waals surface area contributed by atoms with Crippen LogP contribution in [0.2, 0.25) is 0 Å². The van der Waals surface area contributed by atoms with Gasteiger partial charge in [0.25, 0.3) is 0 Å². The Labute approximate surface area is 117 Å². The topological polar surface area (TPSA) is 23.5 Å². The average Bonchev–Trinajstić information content (AvgIpc) is 2.38. The molecule has 1 aliphatic heterocycles. The van der Waals surface area contributed by atoms with Crippen molar-refractivity contribution < 1.29 is 5.11 Å². The maximum absolute atomic E-state index is 9.35. The summed E-state index contributed by atoms with van der Waals surface area (Å²) in [6.07, 6.45) is 4.60. The van der Waals surface area contributed by atoms with E-state index in [1.807, 2.05) is 6.92 Å². The van der Waals surface area contributed by atoms with Gasteiger partial charge in [0.1, 0.15) is 0 Å². The van der Waals surface area contributed by atoms with Gasteiger partial charge in [0.05, 0.1) is 6.10 Å². The molecular weight excluding hydrogens is 234 g/mol. The van der Waals surface area contributed by atoms with Crippen LogP contribution in [0.1, 0.15) is 43.7 Å². The molecule has 1 aromatic rings. The number of likely N-dealkylation sites (tertiary alicyclic amines) is 1. The van der Waals surface area contributed by atoms with E-state index in [1.165, 1.54) is 43.5 Å². The summed E-state index contributed by atoms with van der Waals surface area (Å²) >= 11 is 0. The van der Waals surface area contributed by atoms with Crippen molar-refractivity contribution in [3.63, 3.8) is 0 Å². The monoisotopic (exact) mass is 261 g/mol. The average molecular weight is 261 g/mol. The molecule has 1 atom stereocenters. The highest BCUT2D eigenvalue weighted by Crippen LogP contribution is 2.23. The van der Waals surface area contributed by atoms with Crippen molar-refractivity contribution in [1.82, 2.24) is 4.90 Å². The number of aliphatic hydroxyl groups excluding tert-OH is 1. The molecule has 19 heavy (non-hydrogen) atoms. The predicted molar refractivity (Wildman–Crippen MR) is 80.1 cm³/mol. The predicted octanol–water partition coefficient (Wildman–Crippen LogP) is 3.37. The van der Waals surface area contributed by atoms with E-state index < -0.39 is 0 Å². The highest BCUT2D eigenvalue weighted by molar-refractivity contribution is 5.22. The summed E-state index contributed by atoms with van der Waals surface area (Å²) < 4.78 is 0. The SMILES string of the molecule is Cc1cccc(CN2CCC(CCC(C)O)CC2)c1. The highest BCUT2D eigenvalue weighted by Gasteiger charge is 2.19. The third kappa shape index (κ3) is 4.96. The Morgan fingerprint density at radius 1 is 1.32 bits per heavy atom. The molecule has 1 aliphatic rings. The van der Waals surface area contributed by atoms with Crippen LogP contribution in [0.4, 0.5) is 0 Å². The molecule has 1 unspecified atom stereocenters. The van der Waals surface area contributed by atoms with Crippen LogP contribution in [-0.4, -0.2) is 29.2 Å². The lowest BCUT2D eigenvalue weighted by Gasteiger charge is -2.32. The third-order valence-electron chi connectivity index (χ3n) is 4.19. The molecule has 2 rings (SSSR count). The summed E-state index contributed by atoms with van der Waals surface area (Å²) in [5.41, 5.74) is 2.78. The zero-order chi connectivity index (χ0) is 13.7. The Morgan fingerprint density at radius 2 is 2.05 bits per heavy atom. The number of benzene rings is 1. The maximum atomic E-state index is 9.35. The molecule has 106 valence electrons. The van der Waals surface area contributed by atoms with Crippen molar-refractivity contribution in [2.45, 2.75) is 52.2 Å². The molecule has 0 aliphatic carbocycles. The quantitative estimate of drug-likeness (QED) is 0.878. The van der Waals surface area contributed by atoms with Gasteiger partial charge >= 0.3 is 0 Å². The van der Waals surface area contributed by atoms with E-state index in [0.29, 0.717) is 0 Å². The Morgan fingerprint density at radius 3 is 2.68 bits per heavy atom. The van der Waals surface area contributed by atoms with E-state index in [4.69, 9.17) is 0 Å². The van der Waals surface area contributed by atoms with Gasteiger partial charge in [0, 0.05) is 6.54 Å². The molecule has 2 heteroatoms.